The summed E-state index contributed by atoms with van der Waals surface area (Å²) in [5.74, 6) is 2.61. The molecular weight excluding hydrogens is 324 g/mol. The Kier molecular flexibility index (Phi) is 4.32. The molecule has 1 aliphatic rings. The van der Waals surface area contributed by atoms with Crippen LogP contribution in [-0.2, 0) is 19.4 Å². The Hall–Kier alpha value is -2.89. The van der Waals surface area contributed by atoms with Crippen molar-refractivity contribution < 1.29 is 0 Å². The molecule has 0 radical (unpaired) electrons. The highest BCUT2D eigenvalue weighted by Gasteiger charge is 2.22. The van der Waals surface area contributed by atoms with Crippen molar-refractivity contribution in [2.24, 2.45) is 0 Å². The molecule has 0 N–H and O–H groups in total. The largest absolute Gasteiger partial charge is 0.350 e. The van der Waals surface area contributed by atoms with Gasteiger partial charge in [0, 0.05) is 48.4 Å². The van der Waals surface area contributed by atoms with Gasteiger partial charge in [0.15, 0.2) is 5.82 Å². The van der Waals surface area contributed by atoms with Crippen molar-refractivity contribution in [1.29, 1.82) is 0 Å². The number of hydrogen-bond donors (Lipinski definition) is 0. The molecule has 6 heteroatoms. The summed E-state index contributed by atoms with van der Waals surface area (Å²) in [5, 5.41) is 0. The molecule has 4 rings (SSSR count). The lowest BCUT2D eigenvalue weighted by Gasteiger charge is -2.30. The summed E-state index contributed by atoms with van der Waals surface area (Å²) in [7, 11) is 0. The number of hydrogen-bond acceptors (Lipinski definition) is 6. The van der Waals surface area contributed by atoms with Crippen LogP contribution in [0.5, 0.6) is 0 Å². The van der Waals surface area contributed by atoms with E-state index in [2.05, 4.69) is 33.7 Å². The average Bonchev–Trinajstić information content (AvgIpc) is 2.69. The van der Waals surface area contributed by atoms with Gasteiger partial charge in [-0.15, -0.1) is 0 Å². The van der Waals surface area contributed by atoms with Crippen LogP contribution in [0.1, 0.15) is 35.3 Å². The third kappa shape index (κ3) is 3.03. The number of aromatic nitrogens is 5. The maximum absolute atomic E-state index is 4.87. The van der Waals surface area contributed by atoms with Gasteiger partial charge in [0.25, 0.3) is 0 Å². The van der Waals surface area contributed by atoms with E-state index in [1.807, 2.05) is 25.3 Å². The Balaban J connectivity index is 1.72. The van der Waals surface area contributed by atoms with Crippen LogP contribution in [-0.4, -0.2) is 31.5 Å². The highest BCUT2D eigenvalue weighted by Crippen LogP contribution is 2.28. The smallest absolute Gasteiger partial charge is 0.163 e. The zero-order chi connectivity index (χ0) is 18.1. The second-order valence-electron chi connectivity index (χ2n) is 6.61. The number of rotatable bonds is 3. The molecule has 0 amide bonds. The van der Waals surface area contributed by atoms with Crippen molar-refractivity contribution in [2.75, 3.05) is 11.4 Å². The monoisotopic (exact) mass is 346 g/mol. The molecule has 0 spiro atoms. The highest BCUT2D eigenvalue weighted by molar-refractivity contribution is 5.60. The van der Waals surface area contributed by atoms with Crippen molar-refractivity contribution in [3.05, 3.63) is 59.1 Å². The summed E-state index contributed by atoms with van der Waals surface area (Å²) in [6.07, 6.45) is 7.34. The Bertz CT molecular complexity index is 939. The maximum Gasteiger partial charge on any atom is 0.163 e. The average molecular weight is 346 g/mol. The van der Waals surface area contributed by atoms with Gasteiger partial charge >= 0.3 is 0 Å². The zero-order valence-electron chi connectivity index (χ0n) is 15.4. The van der Waals surface area contributed by atoms with Crippen molar-refractivity contribution in [2.45, 2.75) is 40.2 Å². The lowest BCUT2D eigenvalue weighted by atomic mass is 10.1. The Morgan fingerprint density at radius 3 is 2.77 bits per heavy atom. The zero-order valence-corrected chi connectivity index (χ0v) is 15.4. The van der Waals surface area contributed by atoms with E-state index in [1.54, 1.807) is 12.4 Å². The first-order valence-corrected chi connectivity index (χ1v) is 9.00. The fourth-order valence-electron chi connectivity index (χ4n) is 3.24. The minimum Gasteiger partial charge on any atom is -0.350 e. The molecule has 1 aliphatic heterocycles. The van der Waals surface area contributed by atoms with Gasteiger partial charge in [-0.25, -0.2) is 19.9 Å². The van der Waals surface area contributed by atoms with E-state index in [0.717, 1.165) is 65.9 Å². The molecule has 0 unspecified atom stereocenters. The molecule has 0 aromatic carbocycles. The molecule has 0 aliphatic carbocycles. The molecule has 0 fully saturated rings. The Morgan fingerprint density at radius 1 is 1.12 bits per heavy atom. The van der Waals surface area contributed by atoms with Crippen LogP contribution in [0.2, 0.25) is 0 Å². The van der Waals surface area contributed by atoms with Crippen molar-refractivity contribution in [3.8, 4) is 11.4 Å². The molecule has 0 saturated heterocycles. The Morgan fingerprint density at radius 2 is 2.00 bits per heavy atom. The van der Waals surface area contributed by atoms with Crippen LogP contribution in [0.4, 0.5) is 5.82 Å². The van der Waals surface area contributed by atoms with Gasteiger partial charge in [0.05, 0.1) is 12.2 Å². The van der Waals surface area contributed by atoms with Crippen molar-refractivity contribution in [1.82, 2.24) is 24.9 Å². The predicted molar refractivity (Wildman–Crippen MR) is 101 cm³/mol. The molecule has 3 aromatic heterocycles. The summed E-state index contributed by atoms with van der Waals surface area (Å²) in [6.45, 7) is 7.88. The van der Waals surface area contributed by atoms with Crippen LogP contribution in [0.15, 0.2) is 30.7 Å². The molecule has 4 heterocycles. The third-order valence-corrected chi connectivity index (χ3v) is 4.89. The molecule has 0 saturated carbocycles. The normalized spacial score (nSPS) is 13.6. The predicted octanol–water partition coefficient (Wildman–Crippen LogP) is 3.07. The summed E-state index contributed by atoms with van der Waals surface area (Å²) >= 11 is 0. The first-order valence-electron chi connectivity index (χ1n) is 9.00. The first-order chi connectivity index (χ1) is 12.7. The second kappa shape index (κ2) is 6.78. The topological polar surface area (TPSA) is 67.7 Å². The van der Waals surface area contributed by atoms with E-state index in [9.17, 15) is 0 Å². The lowest BCUT2D eigenvalue weighted by molar-refractivity contribution is 0.681. The van der Waals surface area contributed by atoms with Gasteiger partial charge in [-0.2, -0.15) is 0 Å². The van der Waals surface area contributed by atoms with Gasteiger partial charge in [0.2, 0.25) is 0 Å². The molecular formula is C20H22N6. The summed E-state index contributed by atoms with van der Waals surface area (Å²) in [6, 6.07) is 3.90. The number of aryl methyl sites for hydroxylation is 2. The molecule has 6 nitrogen and oxygen atoms in total. The minimum atomic E-state index is 0.721. The van der Waals surface area contributed by atoms with E-state index < -0.39 is 0 Å². The minimum absolute atomic E-state index is 0.721. The van der Waals surface area contributed by atoms with Crippen LogP contribution >= 0.6 is 0 Å². The van der Waals surface area contributed by atoms with E-state index in [1.165, 1.54) is 5.56 Å². The highest BCUT2D eigenvalue weighted by atomic mass is 15.2. The maximum atomic E-state index is 4.87. The number of nitrogens with zero attached hydrogens (tertiary/aromatic N) is 6. The Labute approximate surface area is 153 Å². The van der Waals surface area contributed by atoms with E-state index in [0.29, 0.717) is 0 Å². The van der Waals surface area contributed by atoms with Gasteiger partial charge in [-0.05, 0) is 38.0 Å². The molecule has 3 aromatic rings. The quantitative estimate of drug-likeness (QED) is 0.726. The first kappa shape index (κ1) is 16.6. The number of anilines is 1. The van der Waals surface area contributed by atoms with Crippen molar-refractivity contribution in [3.63, 3.8) is 0 Å². The summed E-state index contributed by atoms with van der Waals surface area (Å²) in [4.78, 5) is 25.2. The summed E-state index contributed by atoms with van der Waals surface area (Å²) in [5.41, 5.74) is 5.41. The molecule has 0 atom stereocenters. The molecule has 132 valence electrons. The fourth-order valence-corrected chi connectivity index (χ4v) is 3.24. The number of fused-ring (bicyclic) bond motifs is 1. The third-order valence-electron chi connectivity index (χ3n) is 4.89. The van der Waals surface area contributed by atoms with Gasteiger partial charge in [-0.3, -0.25) is 4.98 Å². The fraction of sp³-hybridized carbons (Fsp3) is 0.350. The van der Waals surface area contributed by atoms with E-state index >= 15 is 0 Å². The van der Waals surface area contributed by atoms with Gasteiger partial charge in [-0.1, -0.05) is 6.92 Å². The second-order valence-corrected chi connectivity index (χ2v) is 6.61. The lowest BCUT2D eigenvalue weighted by Crippen LogP contribution is -2.33. The molecule has 26 heavy (non-hydrogen) atoms. The molecule has 0 bridgehead atoms. The SMILES string of the molecule is CCc1ncc2c(n1)CN(c1nc(-c3cccnc3)nc(C)c1C)CC2. The summed E-state index contributed by atoms with van der Waals surface area (Å²) < 4.78 is 0. The number of pyridine rings is 1. The van der Waals surface area contributed by atoms with Crippen LogP contribution in [0.25, 0.3) is 11.4 Å². The standard InChI is InChI=1S/C20H22N6/c1-4-18-22-11-15-7-9-26(12-17(15)24-18)20-13(2)14(3)23-19(25-20)16-6-5-8-21-10-16/h5-6,8,10-11H,4,7,9,12H2,1-3H3. The van der Waals surface area contributed by atoms with Crippen LogP contribution in [0.3, 0.4) is 0 Å². The van der Waals surface area contributed by atoms with Crippen LogP contribution < -0.4 is 4.90 Å². The van der Waals surface area contributed by atoms with Gasteiger partial charge in [0.1, 0.15) is 11.6 Å². The van der Waals surface area contributed by atoms with Gasteiger partial charge < -0.3 is 4.90 Å². The van der Waals surface area contributed by atoms with E-state index in [4.69, 9.17) is 9.97 Å². The van der Waals surface area contributed by atoms with E-state index in [-0.39, 0.29) is 0 Å². The van der Waals surface area contributed by atoms with Crippen LogP contribution in [0, 0.1) is 13.8 Å². The van der Waals surface area contributed by atoms with Crippen molar-refractivity contribution >= 4 is 5.82 Å².